The second kappa shape index (κ2) is 4.87. The molecule has 8 heteroatoms. The van der Waals surface area contributed by atoms with Crippen molar-refractivity contribution in [3.8, 4) is 0 Å². The molecule has 0 radical (unpaired) electrons. The van der Waals surface area contributed by atoms with Crippen LogP contribution in [0.15, 0.2) is 35.2 Å². The van der Waals surface area contributed by atoms with Crippen molar-refractivity contribution >= 4 is 32.9 Å². The lowest BCUT2D eigenvalue weighted by molar-refractivity contribution is -0.127. The predicted octanol–water partition coefficient (Wildman–Crippen LogP) is 0.755. The average Bonchev–Trinajstić information content (AvgIpc) is 2.70. The number of hydrogen-bond donors (Lipinski definition) is 0. The van der Waals surface area contributed by atoms with Gasteiger partial charge in [0.15, 0.2) is 0 Å². The van der Waals surface area contributed by atoms with Crippen LogP contribution in [0.1, 0.15) is 0 Å². The van der Waals surface area contributed by atoms with Crippen molar-refractivity contribution in [1.29, 1.82) is 0 Å². The number of imide groups is 1. The van der Waals surface area contributed by atoms with Crippen molar-refractivity contribution < 1.29 is 18.0 Å². The lowest BCUT2D eigenvalue weighted by atomic mass is 10.1. The number of thioether (sulfide) groups is 1. The molecule has 0 atom stereocenters. The molecular formula is C12H12N2O4S2. The van der Waals surface area contributed by atoms with Gasteiger partial charge in [-0.1, -0.05) is 30.0 Å². The van der Waals surface area contributed by atoms with E-state index in [1.54, 1.807) is 18.2 Å². The van der Waals surface area contributed by atoms with Crippen molar-refractivity contribution in [1.82, 2.24) is 9.21 Å². The van der Waals surface area contributed by atoms with Gasteiger partial charge in [-0.3, -0.25) is 14.5 Å². The van der Waals surface area contributed by atoms with E-state index in [1.165, 1.54) is 21.3 Å². The van der Waals surface area contributed by atoms with E-state index < -0.39 is 10.0 Å². The highest BCUT2D eigenvalue weighted by atomic mass is 32.2. The van der Waals surface area contributed by atoms with Crippen LogP contribution in [0.2, 0.25) is 0 Å². The maximum atomic E-state index is 12.3. The zero-order chi connectivity index (χ0) is 14.3. The zero-order valence-corrected chi connectivity index (χ0v) is 12.1. The van der Waals surface area contributed by atoms with Crippen LogP contribution >= 0.6 is 11.8 Å². The van der Waals surface area contributed by atoms with Crippen LogP contribution in [0.3, 0.4) is 0 Å². The molecule has 20 heavy (non-hydrogen) atoms. The summed E-state index contributed by atoms with van der Waals surface area (Å²) in [4.78, 5) is 24.5. The van der Waals surface area contributed by atoms with Gasteiger partial charge in [-0.15, -0.1) is 0 Å². The molecule has 1 aromatic rings. The van der Waals surface area contributed by atoms with Gasteiger partial charge in [0.2, 0.25) is 15.9 Å². The van der Waals surface area contributed by atoms with Crippen LogP contribution in [-0.4, -0.2) is 53.7 Å². The maximum Gasteiger partial charge on any atom is 0.289 e. The summed E-state index contributed by atoms with van der Waals surface area (Å²) in [6.07, 6.45) is 0. The van der Waals surface area contributed by atoms with E-state index in [9.17, 15) is 18.0 Å². The van der Waals surface area contributed by atoms with Crippen molar-refractivity contribution in [3.63, 3.8) is 0 Å². The van der Waals surface area contributed by atoms with Gasteiger partial charge in [-0.2, -0.15) is 4.31 Å². The standard InChI is InChI=1S/C12H12N2O4S2/c15-11-8-19-12(16)14(11)9-6-13(7-9)20(17,18)10-4-2-1-3-5-10/h1-5,9H,6-8H2. The molecule has 0 N–H and O–H groups in total. The van der Waals surface area contributed by atoms with E-state index in [0.717, 1.165) is 11.8 Å². The Hall–Kier alpha value is -1.38. The van der Waals surface area contributed by atoms with Crippen LogP contribution in [0, 0.1) is 0 Å². The second-order valence-corrected chi connectivity index (χ2v) is 7.47. The number of benzene rings is 1. The van der Waals surface area contributed by atoms with Gasteiger partial charge in [0.25, 0.3) is 5.24 Å². The highest BCUT2D eigenvalue weighted by Gasteiger charge is 2.45. The van der Waals surface area contributed by atoms with Gasteiger partial charge < -0.3 is 0 Å². The van der Waals surface area contributed by atoms with Crippen LogP contribution in [0.25, 0.3) is 0 Å². The summed E-state index contributed by atoms with van der Waals surface area (Å²) in [5.41, 5.74) is 0. The first-order valence-corrected chi connectivity index (χ1v) is 8.47. The Morgan fingerprint density at radius 3 is 2.30 bits per heavy atom. The topological polar surface area (TPSA) is 74.8 Å². The molecule has 0 unspecified atom stereocenters. The predicted molar refractivity (Wildman–Crippen MR) is 73.7 cm³/mol. The molecule has 2 amide bonds. The number of nitrogens with zero attached hydrogens (tertiary/aromatic N) is 2. The molecule has 0 bridgehead atoms. The van der Waals surface area contributed by atoms with Crippen LogP contribution in [-0.2, 0) is 14.8 Å². The molecule has 0 spiro atoms. The smallest absolute Gasteiger partial charge is 0.273 e. The summed E-state index contributed by atoms with van der Waals surface area (Å²) in [6.45, 7) is 0.352. The molecule has 1 aromatic carbocycles. The zero-order valence-electron chi connectivity index (χ0n) is 10.4. The van der Waals surface area contributed by atoms with E-state index in [1.807, 2.05) is 0 Å². The maximum absolute atomic E-state index is 12.3. The van der Waals surface area contributed by atoms with Gasteiger partial charge in [0.1, 0.15) is 0 Å². The highest BCUT2D eigenvalue weighted by molar-refractivity contribution is 8.14. The fourth-order valence-electron chi connectivity index (χ4n) is 2.23. The van der Waals surface area contributed by atoms with Crippen molar-refractivity contribution in [2.24, 2.45) is 0 Å². The molecule has 2 aliphatic rings. The number of carbonyl (C=O) groups is 2. The molecule has 0 aromatic heterocycles. The Kier molecular flexibility index (Phi) is 3.31. The fourth-order valence-corrected chi connectivity index (χ4v) is 4.55. The molecule has 3 rings (SSSR count). The van der Waals surface area contributed by atoms with Gasteiger partial charge in [-0.05, 0) is 12.1 Å². The lowest BCUT2D eigenvalue weighted by Gasteiger charge is -2.41. The van der Waals surface area contributed by atoms with Gasteiger partial charge in [0.05, 0.1) is 16.7 Å². The van der Waals surface area contributed by atoms with Crippen molar-refractivity contribution in [3.05, 3.63) is 30.3 Å². The van der Waals surface area contributed by atoms with Crippen LogP contribution in [0.5, 0.6) is 0 Å². The Balaban J connectivity index is 1.72. The number of hydrogen-bond acceptors (Lipinski definition) is 5. The Morgan fingerprint density at radius 1 is 1.10 bits per heavy atom. The molecular weight excluding hydrogens is 300 g/mol. The van der Waals surface area contributed by atoms with Crippen LogP contribution in [0.4, 0.5) is 4.79 Å². The number of rotatable bonds is 3. The number of sulfonamides is 1. The van der Waals surface area contributed by atoms with E-state index in [0.29, 0.717) is 0 Å². The SMILES string of the molecule is O=C1CSC(=O)N1C1CN(S(=O)(=O)c2ccccc2)C1. The normalized spacial score (nSPS) is 21.3. The van der Waals surface area contributed by atoms with E-state index in [4.69, 9.17) is 0 Å². The van der Waals surface area contributed by atoms with Gasteiger partial charge in [0, 0.05) is 13.1 Å². The minimum absolute atomic E-state index is 0.154. The molecule has 2 saturated heterocycles. The molecule has 2 heterocycles. The minimum atomic E-state index is -3.52. The average molecular weight is 312 g/mol. The third kappa shape index (κ3) is 2.13. The third-order valence-corrected chi connectivity index (χ3v) is 6.04. The van der Waals surface area contributed by atoms with Gasteiger partial charge in [-0.25, -0.2) is 8.42 Å². The van der Waals surface area contributed by atoms with E-state index >= 15 is 0 Å². The summed E-state index contributed by atoms with van der Waals surface area (Å²) in [7, 11) is -3.52. The molecule has 6 nitrogen and oxygen atoms in total. The summed E-state index contributed by atoms with van der Waals surface area (Å²) in [6, 6.07) is 7.80. The largest absolute Gasteiger partial charge is 0.289 e. The number of carbonyl (C=O) groups excluding carboxylic acids is 2. The molecule has 106 valence electrons. The lowest BCUT2D eigenvalue weighted by Crippen LogP contribution is -2.61. The van der Waals surface area contributed by atoms with E-state index in [-0.39, 0.29) is 40.9 Å². The first-order valence-electron chi connectivity index (χ1n) is 6.04. The van der Waals surface area contributed by atoms with Gasteiger partial charge >= 0.3 is 0 Å². The Bertz CT molecular complexity index is 637. The van der Waals surface area contributed by atoms with E-state index in [2.05, 4.69) is 0 Å². The number of amides is 2. The Labute approximate surface area is 120 Å². The van der Waals surface area contributed by atoms with Crippen molar-refractivity contribution in [2.45, 2.75) is 10.9 Å². The molecule has 0 aliphatic carbocycles. The molecule has 2 aliphatic heterocycles. The molecule has 2 fully saturated rings. The first kappa shape index (κ1) is 13.6. The highest BCUT2D eigenvalue weighted by Crippen LogP contribution is 2.29. The molecule has 0 saturated carbocycles. The first-order chi connectivity index (χ1) is 9.50. The summed E-state index contributed by atoms with van der Waals surface area (Å²) < 4.78 is 25.8. The monoisotopic (exact) mass is 312 g/mol. The summed E-state index contributed by atoms with van der Waals surface area (Å²) >= 11 is 0.966. The third-order valence-electron chi connectivity index (χ3n) is 3.36. The second-order valence-electron chi connectivity index (χ2n) is 4.61. The van der Waals surface area contributed by atoms with Crippen LogP contribution < -0.4 is 0 Å². The quantitative estimate of drug-likeness (QED) is 0.823. The van der Waals surface area contributed by atoms with Crippen molar-refractivity contribution in [2.75, 3.05) is 18.8 Å². The fraction of sp³-hybridized carbons (Fsp3) is 0.333. The summed E-state index contributed by atoms with van der Waals surface area (Å²) in [5, 5.41) is -0.281. The summed E-state index contributed by atoms with van der Waals surface area (Å²) in [5.74, 6) is -0.0809. The Morgan fingerprint density at radius 2 is 1.75 bits per heavy atom. The minimum Gasteiger partial charge on any atom is -0.273 e.